The van der Waals surface area contributed by atoms with Gasteiger partial charge in [-0.1, -0.05) is 18.2 Å². The van der Waals surface area contributed by atoms with Crippen LogP contribution in [0, 0.1) is 0 Å². The van der Waals surface area contributed by atoms with Crippen molar-refractivity contribution in [2.24, 2.45) is 7.05 Å². The number of likely N-dealkylation sites (tertiary alicyclic amines) is 1. The monoisotopic (exact) mass is 587 g/mol. The van der Waals surface area contributed by atoms with Gasteiger partial charge in [0.2, 0.25) is 0 Å². The van der Waals surface area contributed by atoms with Gasteiger partial charge in [0.1, 0.15) is 5.82 Å². The minimum atomic E-state index is -5.08. The highest BCUT2D eigenvalue weighted by atomic mass is 19.4. The SMILES string of the molecule is Cn1ccnc1CN1CCC2(CC1)CN(c1cccnc1)c1ccccc12.O=C(O)C(F)(F)F.O=C(O)C(F)(F)F. The van der Waals surface area contributed by atoms with Crippen LogP contribution in [0.1, 0.15) is 24.2 Å². The maximum Gasteiger partial charge on any atom is 0.490 e. The van der Waals surface area contributed by atoms with Crippen LogP contribution in [0.25, 0.3) is 0 Å². The lowest BCUT2D eigenvalue weighted by Crippen LogP contribution is -2.44. The van der Waals surface area contributed by atoms with Crippen LogP contribution in [0.3, 0.4) is 0 Å². The third-order valence-electron chi connectivity index (χ3n) is 6.77. The van der Waals surface area contributed by atoms with Crippen LogP contribution in [0.4, 0.5) is 37.7 Å². The van der Waals surface area contributed by atoms with E-state index in [2.05, 4.69) is 61.7 Å². The van der Waals surface area contributed by atoms with Crippen LogP contribution in [0.5, 0.6) is 0 Å². The Labute approximate surface area is 230 Å². The molecule has 5 rings (SSSR count). The largest absolute Gasteiger partial charge is 0.490 e. The first-order valence-electron chi connectivity index (χ1n) is 12.2. The van der Waals surface area contributed by atoms with Crippen molar-refractivity contribution in [3.63, 3.8) is 0 Å². The van der Waals surface area contributed by atoms with Gasteiger partial charge in [0.25, 0.3) is 0 Å². The highest BCUT2D eigenvalue weighted by Crippen LogP contribution is 2.49. The highest BCUT2D eigenvalue weighted by molar-refractivity contribution is 5.73. The second kappa shape index (κ2) is 12.6. The number of aryl methyl sites for hydroxylation is 1. The van der Waals surface area contributed by atoms with Crippen molar-refractivity contribution in [2.75, 3.05) is 24.5 Å². The summed E-state index contributed by atoms with van der Waals surface area (Å²) in [5.41, 5.74) is 4.29. The van der Waals surface area contributed by atoms with Gasteiger partial charge in [-0.3, -0.25) is 9.88 Å². The number of anilines is 2. The van der Waals surface area contributed by atoms with Crippen molar-refractivity contribution in [2.45, 2.75) is 37.2 Å². The molecule has 0 radical (unpaired) electrons. The normalized spacial score (nSPS) is 16.2. The maximum absolute atomic E-state index is 10.6. The van der Waals surface area contributed by atoms with E-state index in [1.807, 2.05) is 30.9 Å². The van der Waals surface area contributed by atoms with E-state index in [1.54, 1.807) is 0 Å². The number of carboxylic acids is 2. The van der Waals surface area contributed by atoms with Gasteiger partial charge in [-0.05, 0) is 49.7 Å². The fourth-order valence-electron chi connectivity index (χ4n) is 4.69. The molecule has 2 N–H and O–H groups in total. The Morgan fingerprint density at radius 3 is 2.00 bits per heavy atom. The fourth-order valence-corrected chi connectivity index (χ4v) is 4.69. The molecule has 0 bridgehead atoms. The van der Waals surface area contributed by atoms with Gasteiger partial charge in [0.15, 0.2) is 0 Å². The van der Waals surface area contributed by atoms with E-state index in [1.165, 1.54) is 29.8 Å². The minimum Gasteiger partial charge on any atom is -0.475 e. The van der Waals surface area contributed by atoms with E-state index in [9.17, 15) is 26.3 Å². The van der Waals surface area contributed by atoms with Crippen LogP contribution >= 0.6 is 0 Å². The van der Waals surface area contributed by atoms with Crippen LogP contribution in [-0.2, 0) is 28.6 Å². The molecule has 0 atom stereocenters. The molecular weight excluding hydrogens is 560 g/mol. The standard InChI is InChI=1S/C22H25N5.2C2HF3O2/c1-25-14-11-24-21(25)16-26-12-8-22(9-13-26)17-27(18-5-4-10-23-15-18)20-7-3-2-6-19(20)22;2*3-2(4,5)1(6)7/h2-7,10-11,14-15H,8-9,12-13,16-17H2,1H3;2*(H,6,7). The molecule has 0 amide bonds. The fraction of sp³-hybridized carbons (Fsp3) is 0.385. The molecular formula is C26H27F6N5O4. The maximum atomic E-state index is 10.6. The molecule has 0 unspecified atom stereocenters. The van der Waals surface area contributed by atoms with Crippen molar-refractivity contribution in [1.82, 2.24) is 19.4 Å². The van der Waals surface area contributed by atoms with Gasteiger partial charge < -0.3 is 19.7 Å². The average Bonchev–Trinajstić information content (AvgIpc) is 3.46. The molecule has 1 spiro atoms. The number of hydrogen-bond donors (Lipinski definition) is 2. The molecule has 4 heterocycles. The third kappa shape index (κ3) is 7.96. The van der Waals surface area contributed by atoms with E-state index in [0.717, 1.165) is 32.0 Å². The molecule has 2 aromatic heterocycles. The van der Waals surface area contributed by atoms with Crippen molar-refractivity contribution in [3.8, 4) is 0 Å². The summed E-state index contributed by atoms with van der Waals surface area (Å²) in [6.45, 7) is 4.21. The number of rotatable bonds is 3. The van der Waals surface area contributed by atoms with Gasteiger partial charge >= 0.3 is 24.3 Å². The second-order valence-electron chi connectivity index (χ2n) is 9.43. The first kappa shape index (κ1) is 31.4. The Morgan fingerprint density at radius 2 is 1.51 bits per heavy atom. The Bertz CT molecular complexity index is 1300. The zero-order valence-corrected chi connectivity index (χ0v) is 21.7. The average molecular weight is 588 g/mol. The zero-order valence-electron chi connectivity index (χ0n) is 21.7. The van der Waals surface area contributed by atoms with E-state index < -0.39 is 24.3 Å². The number of hydrogen-bond acceptors (Lipinski definition) is 6. The Balaban J connectivity index is 0.000000276. The predicted octanol–water partition coefficient (Wildman–Crippen LogP) is 4.77. The van der Waals surface area contributed by atoms with E-state index in [0.29, 0.717) is 0 Å². The van der Waals surface area contributed by atoms with E-state index in [4.69, 9.17) is 19.8 Å². The summed E-state index contributed by atoms with van der Waals surface area (Å²) in [7, 11) is 2.08. The van der Waals surface area contributed by atoms with E-state index in [-0.39, 0.29) is 5.41 Å². The number of fused-ring (bicyclic) bond motifs is 2. The molecule has 222 valence electrons. The van der Waals surface area contributed by atoms with Crippen LogP contribution in [0.2, 0.25) is 0 Å². The van der Waals surface area contributed by atoms with Gasteiger partial charge in [0.05, 0.1) is 18.4 Å². The van der Waals surface area contributed by atoms with Crippen LogP contribution in [-0.4, -0.2) is 73.6 Å². The number of benzene rings is 1. The molecule has 3 aromatic rings. The van der Waals surface area contributed by atoms with Crippen molar-refractivity contribution >= 4 is 23.3 Å². The third-order valence-corrected chi connectivity index (χ3v) is 6.77. The summed E-state index contributed by atoms with van der Waals surface area (Å²) in [5.74, 6) is -4.37. The molecule has 1 fully saturated rings. The summed E-state index contributed by atoms with van der Waals surface area (Å²) in [5, 5.41) is 14.2. The van der Waals surface area contributed by atoms with Crippen molar-refractivity contribution in [3.05, 3.63) is 72.6 Å². The number of aliphatic carboxylic acids is 2. The molecule has 1 aromatic carbocycles. The zero-order chi connectivity index (χ0) is 30.4. The van der Waals surface area contributed by atoms with E-state index >= 15 is 0 Å². The van der Waals surface area contributed by atoms with Crippen molar-refractivity contribution < 1.29 is 46.1 Å². The smallest absolute Gasteiger partial charge is 0.475 e. The topological polar surface area (TPSA) is 112 Å². The summed E-state index contributed by atoms with van der Waals surface area (Å²) in [6, 6.07) is 13.1. The van der Waals surface area contributed by atoms with Gasteiger partial charge in [-0.15, -0.1) is 0 Å². The minimum absolute atomic E-state index is 0.241. The molecule has 15 heteroatoms. The molecule has 0 saturated carbocycles. The lowest BCUT2D eigenvalue weighted by Gasteiger charge is -2.39. The highest BCUT2D eigenvalue weighted by Gasteiger charge is 2.45. The van der Waals surface area contributed by atoms with Crippen LogP contribution < -0.4 is 4.90 Å². The molecule has 0 aliphatic carbocycles. The first-order valence-corrected chi connectivity index (χ1v) is 12.2. The summed E-state index contributed by atoms with van der Waals surface area (Å²) >= 11 is 0. The molecule has 2 aliphatic rings. The number of piperidine rings is 1. The van der Waals surface area contributed by atoms with Crippen LogP contribution in [0.15, 0.2) is 61.2 Å². The number of carboxylic acid groups (broad SMARTS) is 2. The quantitative estimate of drug-likeness (QED) is 0.422. The van der Waals surface area contributed by atoms with Gasteiger partial charge in [-0.25, -0.2) is 14.6 Å². The summed E-state index contributed by atoms with van der Waals surface area (Å²) in [6.07, 6.45) is -0.0563. The number of aromatic nitrogens is 3. The van der Waals surface area contributed by atoms with Crippen molar-refractivity contribution in [1.29, 1.82) is 0 Å². The number of alkyl halides is 6. The number of nitrogens with zero attached hydrogens (tertiary/aromatic N) is 5. The predicted molar refractivity (Wildman–Crippen MR) is 134 cm³/mol. The molecule has 41 heavy (non-hydrogen) atoms. The Kier molecular flexibility index (Phi) is 9.63. The van der Waals surface area contributed by atoms with Gasteiger partial charge in [0, 0.05) is 43.3 Å². The lowest BCUT2D eigenvalue weighted by molar-refractivity contribution is -0.193. The molecule has 9 nitrogen and oxygen atoms in total. The second-order valence-corrected chi connectivity index (χ2v) is 9.43. The Morgan fingerprint density at radius 1 is 0.927 bits per heavy atom. The first-order chi connectivity index (χ1) is 19.1. The number of halogens is 6. The Hall–Kier alpha value is -4.14. The summed E-state index contributed by atoms with van der Waals surface area (Å²) in [4.78, 5) is 31.6. The lowest BCUT2D eigenvalue weighted by atomic mass is 9.74. The number of imidazole rings is 1. The summed E-state index contributed by atoms with van der Waals surface area (Å²) < 4.78 is 65.6. The molecule has 1 saturated heterocycles. The molecule has 2 aliphatic heterocycles. The number of para-hydroxylation sites is 1. The van der Waals surface area contributed by atoms with Gasteiger partial charge in [-0.2, -0.15) is 26.3 Å². The number of carbonyl (C=O) groups is 2. The number of pyridine rings is 1.